The van der Waals surface area contributed by atoms with Crippen molar-refractivity contribution in [1.29, 1.82) is 0 Å². The van der Waals surface area contributed by atoms with Crippen LogP contribution in [-0.2, 0) is 4.79 Å². The van der Waals surface area contributed by atoms with E-state index in [4.69, 9.17) is 4.42 Å². The van der Waals surface area contributed by atoms with Gasteiger partial charge in [-0.05, 0) is 24.6 Å². The molecule has 1 aliphatic heterocycles. The third kappa shape index (κ3) is 2.63. The number of furan rings is 1. The van der Waals surface area contributed by atoms with E-state index in [2.05, 4.69) is 10.3 Å². The smallest absolute Gasteiger partial charge is 0.255 e. The van der Waals surface area contributed by atoms with Crippen LogP contribution in [-0.4, -0.2) is 34.8 Å². The number of likely N-dealkylation sites (tertiary alicyclic amines) is 1. The molecule has 1 aromatic carbocycles. The highest BCUT2D eigenvalue weighted by Gasteiger charge is 2.40. The number of nitrogens with zero attached hydrogens (tertiary/aromatic N) is 2. The van der Waals surface area contributed by atoms with E-state index in [0.717, 1.165) is 10.9 Å². The van der Waals surface area contributed by atoms with Crippen LogP contribution in [0.25, 0.3) is 11.0 Å². The van der Waals surface area contributed by atoms with E-state index in [1.165, 1.54) is 0 Å². The molecule has 4 rings (SSSR count). The minimum Gasteiger partial charge on any atom is -0.461 e. The van der Waals surface area contributed by atoms with Crippen molar-refractivity contribution >= 4 is 22.8 Å². The summed E-state index contributed by atoms with van der Waals surface area (Å²) >= 11 is 0. The van der Waals surface area contributed by atoms with Crippen molar-refractivity contribution in [2.24, 2.45) is 0 Å². The molecule has 2 atom stereocenters. The summed E-state index contributed by atoms with van der Waals surface area (Å²) in [6, 6.07) is 10.6. The molecule has 3 aromatic rings. The maximum absolute atomic E-state index is 13.0. The van der Waals surface area contributed by atoms with Crippen LogP contribution < -0.4 is 5.32 Å². The molecule has 0 radical (unpaired) electrons. The first-order valence-corrected chi connectivity index (χ1v) is 8.51. The molecule has 0 bridgehead atoms. The summed E-state index contributed by atoms with van der Waals surface area (Å²) < 4.78 is 5.69. The zero-order valence-corrected chi connectivity index (χ0v) is 14.6. The third-order valence-corrected chi connectivity index (χ3v) is 4.93. The van der Waals surface area contributed by atoms with Crippen LogP contribution in [0.5, 0.6) is 0 Å². The number of hydrogen-bond acceptors (Lipinski definition) is 4. The van der Waals surface area contributed by atoms with Gasteiger partial charge in [0.1, 0.15) is 11.3 Å². The van der Waals surface area contributed by atoms with Gasteiger partial charge >= 0.3 is 0 Å². The number of likely N-dealkylation sites (N-methyl/N-ethyl adjacent to an activating group) is 1. The number of carbonyl (C=O) groups is 2. The molecular weight excluding hydrogens is 330 g/mol. The second-order valence-electron chi connectivity index (χ2n) is 6.55. The highest BCUT2D eigenvalue weighted by atomic mass is 16.3. The molecule has 6 nitrogen and oxygen atoms in total. The van der Waals surface area contributed by atoms with Crippen molar-refractivity contribution in [3.63, 3.8) is 0 Å². The van der Waals surface area contributed by atoms with Crippen LogP contribution >= 0.6 is 0 Å². The summed E-state index contributed by atoms with van der Waals surface area (Å²) in [5.74, 6) is 0.340. The van der Waals surface area contributed by atoms with Crippen LogP contribution in [0.1, 0.15) is 34.1 Å². The van der Waals surface area contributed by atoms with Crippen molar-refractivity contribution in [2.75, 3.05) is 7.05 Å². The number of aryl methyl sites for hydroxylation is 1. The van der Waals surface area contributed by atoms with Crippen molar-refractivity contribution in [3.05, 3.63) is 65.7 Å². The van der Waals surface area contributed by atoms with Gasteiger partial charge in [-0.2, -0.15) is 0 Å². The molecule has 6 heteroatoms. The van der Waals surface area contributed by atoms with Gasteiger partial charge in [-0.1, -0.05) is 24.3 Å². The molecule has 1 aliphatic rings. The highest BCUT2D eigenvalue weighted by Crippen LogP contribution is 2.32. The van der Waals surface area contributed by atoms with E-state index in [-0.39, 0.29) is 30.3 Å². The topological polar surface area (TPSA) is 75.4 Å². The molecule has 1 fully saturated rings. The Morgan fingerprint density at radius 2 is 2.08 bits per heavy atom. The monoisotopic (exact) mass is 349 g/mol. The molecule has 0 unspecified atom stereocenters. The van der Waals surface area contributed by atoms with Gasteiger partial charge in [0.25, 0.3) is 5.91 Å². The molecular formula is C20H19N3O3. The molecule has 1 N–H and O–H groups in total. The standard InChI is InChI=1S/C20H19N3O3/c1-12-18(14-7-3-4-8-16(14)26-12)20(25)22-15-10-17(24)23(2)19(15)13-6-5-9-21-11-13/h3-9,11,15,19H,10H2,1-2H3,(H,22,25)/t15-,19+/m1/s1. The second-order valence-corrected chi connectivity index (χ2v) is 6.55. The fraction of sp³-hybridized carbons (Fsp3) is 0.250. The van der Waals surface area contributed by atoms with Gasteiger partial charge in [-0.3, -0.25) is 14.6 Å². The Balaban J connectivity index is 1.66. The zero-order valence-electron chi connectivity index (χ0n) is 14.6. The number of amides is 2. The summed E-state index contributed by atoms with van der Waals surface area (Å²) in [6.45, 7) is 1.78. The fourth-order valence-corrected chi connectivity index (χ4v) is 3.70. The van der Waals surface area contributed by atoms with Gasteiger partial charge in [-0.25, -0.2) is 0 Å². The quantitative estimate of drug-likeness (QED) is 0.789. The Hall–Kier alpha value is -3.15. The summed E-state index contributed by atoms with van der Waals surface area (Å²) in [4.78, 5) is 31.0. The van der Waals surface area contributed by atoms with E-state index in [1.54, 1.807) is 31.3 Å². The molecule has 0 spiro atoms. The van der Waals surface area contributed by atoms with Crippen LogP contribution in [0, 0.1) is 6.92 Å². The first-order valence-electron chi connectivity index (χ1n) is 8.51. The Morgan fingerprint density at radius 3 is 2.85 bits per heavy atom. The highest BCUT2D eigenvalue weighted by molar-refractivity contribution is 6.07. The van der Waals surface area contributed by atoms with Crippen molar-refractivity contribution in [3.8, 4) is 0 Å². The average Bonchev–Trinajstić information content (AvgIpc) is 3.11. The number of benzene rings is 1. The molecule has 0 saturated carbocycles. The van der Waals surface area contributed by atoms with Gasteiger partial charge in [0, 0.05) is 31.2 Å². The minimum atomic E-state index is -0.322. The number of rotatable bonds is 3. The van der Waals surface area contributed by atoms with E-state index < -0.39 is 0 Å². The first-order chi connectivity index (χ1) is 12.6. The molecule has 26 heavy (non-hydrogen) atoms. The Labute approximate surface area is 150 Å². The number of carbonyl (C=O) groups excluding carboxylic acids is 2. The molecule has 0 aliphatic carbocycles. The number of aromatic nitrogens is 1. The fourth-order valence-electron chi connectivity index (χ4n) is 3.70. The van der Waals surface area contributed by atoms with Gasteiger partial charge in [0.15, 0.2) is 0 Å². The lowest BCUT2D eigenvalue weighted by Crippen LogP contribution is -2.39. The van der Waals surface area contributed by atoms with E-state index in [0.29, 0.717) is 16.9 Å². The van der Waals surface area contributed by atoms with Crippen molar-refractivity contribution in [2.45, 2.75) is 25.4 Å². The van der Waals surface area contributed by atoms with E-state index in [1.807, 2.05) is 36.4 Å². The lowest BCUT2D eigenvalue weighted by atomic mass is 10.0. The summed E-state index contributed by atoms with van der Waals surface area (Å²) in [6.07, 6.45) is 3.68. The van der Waals surface area contributed by atoms with Gasteiger partial charge < -0.3 is 14.6 Å². The van der Waals surface area contributed by atoms with Crippen LogP contribution in [0.2, 0.25) is 0 Å². The number of para-hydroxylation sites is 1. The second kappa shape index (κ2) is 6.29. The molecule has 2 amide bonds. The SMILES string of the molecule is Cc1oc2ccccc2c1C(=O)N[C@@H]1CC(=O)N(C)[C@H]1c1cccnc1. The summed E-state index contributed by atoms with van der Waals surface area (Å²) in [7, 11) is 1.75. The largest absolute Gasteiger partial charge is 0.461 e. The Bertz CT molecular complexity index is 980. The normalized spacial score (nSPS) is 19.9. The predicted molar refractivity (Wildman–Crippen MR) is 96.6 cm³/mol. The number of fused-ring (bicyclic) bond motifs is 1. The molecule has 3 heterocycles. The zero-order chi connectivity index (χ0) is 18.3. The molecule has 132 valence electrons. The Morgan fingerprint density at radius 1 is 1.27 bits per heavy atom. The lowest BCUT2D eigenvalue weighted by Gasteiger charge is -2.25. The van der Waals surface area contributed by atoms with Crippen molar-refractivity contribution in [1.82, 2.24) is 15.2 Å². The minimum absolute atomic E-state index is 0.00192. The van der Waals surface area contributed by atoms with Crippen LogP contribution in [0.3, 0.4) is 0 Å². The lowest BCUT2D eigenvalue weighted by molar-refractivity contribution is -0.127. The van der Waals surface area contributed by atoms with Crippen LogP contribution in [0.4, 0.5) is 0 Å². The van der Waals surface area contributed by atoms with E-state index >= 15 is 0 Å². The van der Waals surface area contributed by atoms with Crippen LogP contribution in [0.15, 0.2) is 53.2 Å². The number of pyridine rings is 1. The number of hydrogen-bond donors (Lipinski definition) is 1. The third-order valence-electron chi connectivity index (χ3n) is 4.93. The van der Waals surface area contributed by atoms with Gasteiger partial charge in [0.2, 0.25) is 5.91 Å². The predicted octanol–water partition coefficient (Wildman–Crippen LogP) is 2.84. The van der Waals surface area contributed by atoms with Gasteiger partial charge in [0.05, 0.1) is 17.6 Å². The van der Waals surface area contributed by atoms with Crippen molar-refractivity contribution < 1.29 is 14.0 Å². The summed E-state index contributed by atoms with van der Waals surface area (Å²) in [5.41, 5.74) is 2.10. The number of nitrogens with one attached hydrogen (secondary N) is 1. The van der Waals surface area contributed by atoms with E-state index in [9.17, 15) is 9.59 Å². The van der Waals surface area contributed by atoms with Gasteiger partial charge in [-0.15, -0.1) is 0 Å². The molecule has 2 aromatic heterocycles. The maximum atomic E-state index is 13.0. The Kier molecular flexibility index (Phi) is 3.95. The first kappa shape index (κ1) is 16.3. The molecule has 1 saturated heterocycles. The maximum Gasteiger partial charge on any atom is 0.255 e. The average molecular weight is 349 g/mol. The summed E-state index contributed by atoms with van der Waals surface area (Å²) in [5, 5.41) is 3.81.